The molecule has 0 saturated carbocycles. The molecule has 0 amide bonds. The molecule has 154 valence electrons. The SMILES string of the molecule is CCC(CC)c1cccc(C(CC)(CC)Pc2ccccc2C(C)(C)O)c1O. The number of rotatable bonds is 9. The highest BCUT2D eigenvalue weighted by molar-refractivity contribution is 7.48. The van der Waals surface area contributed by atoms with E-state index in [2.05, 4.69) is 52.0 Å². The maximum Gasteiger partial charge on any atom is 0.123 e. The fourth-order valence-corrected chi connectivity index (χ4v) is 6.17. The predicted molar refractivity (Wildman–Crippen MR) is 123 cm³/mol. The van der Waals surface area contributed by atoms with Crippen LogP contribution in [0.2, 0.25) is 0 Å². The van der Waals surface area contributed by atoms with E-state index in [1.165, 1.54) is 5.30 Å². The molecule has 1 atom stereocenters. The fourth-order valence-electron chi connectivity index (χ4n) is 4.26. The second kappa shape index (κ2) is 9.42. The molecule has 2 nitrogen and oxygen atoms in total. The smallest absolute Gasteiger partial charge is 0.123 e. The van der Waals surface area contributed by atoms with Crippen LogP contribution in [0.5, 0.6) is 5.75 Å². The molecule has 0 aromatic heterocycles. The molecule has 0 aliphatic rings. The van der Waals surface area contributed by atoms with Crippen molar-refractivity contribution in [3.05, 3.63) is 59.2 Å². The molecule has 2 rings (SSSR count). The van der Waals surface area contributed by atoms with Crippen LogP contribution in [-0.2, 0) is 10.8 Å². The Balaban J connectivity index is 2.59. The van der Waals surface area contributed by atoms with Crippen LogP contribution in [-0.4, -0.2) is 10.2 Å². The minimum Gasteiger partial charge on any atom is -0.507 e. The van der Waals surface area contributed by atoms with Gasteiger partial charge in [0.2, 0.25) is 0 Å². The van der Waals surface area contributed by atoms with Gasteiger partial charge in [-0.05, 0) is 61.9 Å². The van der Waals surface area contributed by atoms with Crippen LogP contribution in [0.15, 0.2) is 42.5 Å². The van der Waals surface area contributed by atoms with Crippen molar-refractivity contribution in [2.24, 2.45) is 0 Å². The molecule has 2 aromatic carbocycles. The highest BCUT2D eigenvalue weighted by Gasteiger charge is 2.34. The number of aliphatic hydroxyl groups is 1. The van der Waals surface area contributed by atoms with Crippen LogP contribution in [0.3, 0.4) is 0 Å². The lowest BCUT2D eigenvalue weighted by atomic mass is 9.86. The van der Waals surface area contributed by atoms with Crippen molar-refractivity contribution in [2.75, 3.05) is 0 Å². The lowest BCUT2D eigenvalue weighted by Gasteiger charge is -2.36. The van der Waals surface area contributed by atoms with E-state index in [1.807, 2.05) is 32.0 Å². The van der Waals surface area contributed by atoms with Crippen LogP contribution in [0, 0.1) is 0 Å². The van der Waals surface area contributed by atoms with E-state index in [0.717, 1.165) is 42.4 Å². The quantitative estimate of drug-likeness (QED) is 0.469. The second-order valence-electron chi connectivity index (χ2n) is 8.28. The Morgan fingerprint density at radius 1 is 0.857 bits per heavy atom. The molecule has 2 aromatic rings. The molecule has 0 radical (unpaired) electrons. The Morgan fingerprint density at radius 3 is 1.96 bits per heavy atom. The molecule has 0 aliphatic carbocycles. The van der Waals surface area contributed by atoms with Gasteiger partial charge >= 0.3 is 0 Å². The summed E-state index contributed by atoms with van der Waals surface area (Å²) in [4.78, 5) is 0. The van der Waals surface area contributed by atoms with Gasteiger partial charge in [-0.3, -0.25) is 0 Å². The van der Waals surface area contributed by atoms with Crippen molar-refractivity contribution in [2.45, 2.75) is 83.9 Å². The second-order valence-corrected chi connectivity index (χ2v) is 10.0. The van der Waals surface area contributed by atoms with E-state index in [-0.39, 0.29) is 5.16 Å². The molecule has 0 fully saturated rings. The summed E-state index contributed by atoms with van der Waals surface area (Å²) in [5.74, 6) is 0.867. The lowest BCUT2D eigenvalue weighted by Crippen LogP contribution is -2.28. The van der Waals surface area contributed by atoms with Gasteiger partial charge in [-0.2, -0.15) is 0 Å². The van der Waals surface area contributed by atoms with Gasteiger partial charge in [0, 0.05) is 10.7 Å². The van der Waals surface area contributed by atoms with Gasteiger partial charge in [0.25, 0.3) is 0 Å². The standard InChI is InChI=1S/C25H37O2P/c1-7-18(8-2)19-14-13-16-21(23(19)26)25(9-3,10-4)28-22-17-12-11-15-20(22)24(5,6)27/h11-18,26-28H,7-10H2,1-6H3. The molecule has 3 heteroatoms. The zero-order chi connectivity index (χ0) is 20.9. The minimum absolute atomic E-state index is 0.131. The molecule has 0 saturated heterocycles. The van der Waals surface area contributed by atoms with E-state index in [9.17, 15) is 10.2 Å². The fraction of sp³-hybridized carbons (Fsp3) is 0.520. The third-order valence-electron chi connectivity index (χ3n) is 6.18. The van der Waals surface area contributed by atoms with Crippen molar-refractivity contribution in [1.82, 2.24) is 0 Å². The zero-order valence-electron chi connectivity index (χ0n) is 18.3. The van der Waals surface area contributed by atoms with Gasteiger partial charge in [0.05, 0.1) is 5.60 Å². The van der Waals surface area contributed by atoms with Crippen molar-refractivity contribution >= 4 is 13.9 Å². The number of hydrogen-bond acceptors (Lipinski definition) is 2. The average Bonchev–Trinajstić information content (AvgIpc) is 2.68. The Hall–Kier alpha value is -1.37. The third-order valence-corrected chi connectivity index (χ3v) is 8.34. The summed E-state index contributed by atoms with van der Waals surface area (Å²) in [5.41, 5.74) is 2.24. The van der Waals surface area contributed by atoms with E-state index >= 15 is 0 Å². The van der Waals surface area contributed by atoms with Gasteiger partial charge in [-0.1, -0.05) is 78.7 Å². The summed E-state index contributed by atoms with van der Waals surface area (Å²) in [5, 5.41) is 23.0. The van der Waals surface area contributed by atoms with Crippen LogP contribution >= 0.6 is 8.58 Å². The number of benzene rings is 2. The van der Waals surface area contributed by atoms with E-state index in [1.54, 1.807) is 0 Å². The van der Waals surface area contributed by atoms with Gasteiger partial charge < -0.3 is 10.2 Å². The summed E-state index contributed by atoms with van der Waals surface area (Å²) >= 11 is 0. The average molecular weight is 401 g/mol. The molecule has 0 heterocycles. The number of phenolic OH excluding ortho intramolecular Hbond substituents is 1. The van der Waals surface area contributed by atoms with E-state index < -0.39 is 5.60 Å². The maximum absolute atomic E-state index is 11.3. The zero-order valence-corrected chi connectivity index (χ0v) is 19.3. The van der Waals surface area contributed by atoms with Crippen LogP contribution < -0.4 is 5.30 Å². The van der Waals surface area contributed by atoms with Gasteiger partial charge in [-0.25, -0.2) is 0 Å². The monoisotopic (exact) mass is 400 g/mol. The number of phenols is 1. The molecule has 28 heavy (non-hydrogen) atoms. The first-order valence-corrected chi connectivity index (χ1v) is 11.7. The predicted octanol–water partition coefficient (Wildman–Crippen LogP) is 6.54. The molecule has 0 spiro atoms. The lowest BCUT2D eigenvalue weighted by molar-refractivity contribution is 0.0797. The number of para-hydroxylation sites is 1. The highest BCUT2D eigenvalue weighted by Crippen LogP contribution is 2.52. The molecule has 1 unspecified atom stereocenters. The summed E-state index contributed by atoms with van der Waals surface area (Å²) in [7, 11) is 0.483. The summed E-state index contributed by atoms with van der Waals surface area (Å²) in [6, 6.07) is 14.5. The highest BCUT2D eigenvalue weighted by atomic mass is 31.1. The largest absolute Gasteiger partial charge is 0.507 e. The maximum atomic E-state index is 11.3. The van der Waals surface area contributed by atoms with E-state index in [0.29, 0.717) is 20.2 Å². The van der Waals surface area contributed by atoms with Gasteiger partial charge in [0.15, 0.2) is 0 Å². The first kappa shape index (κ1) is 22.9. The molecular formula is C25H37O2P. The van der Waals surface area contributed by atoms with Crippen LogP contribution in [0.1, 0.15) is 89.8 Å². The Bertz CT molecular complexity index is 768. The third kappa shape index (κ3) is 4.61. The number of aromatic hydroxyl groups is 1. The minimum atomic E-state index is -0.879. The Kier molecular flexibility index (Phi) is 7.71. The van der Waals surface area contributed by atoms with Crippen molar-refractivity contribution < 1.29 is 10.2 Å². The first-order valence-electron chi connectivity index (χ1n) is 10.7. The summed E-state index contributed by atoms with van der Waals surface area (Å²) in [6.07, 6.45) is 3.95. The van der Waals surface area contributed by atoms with Crippen LogP contribution in [0.4, 0.5) is 0 Å². The van der Waals surface area contributed by atoms with Crippen molar-refractivity contribution in [3.8, 4) is 5.75 Å². The van der Waals surface area contributed by atoms with Gasteiger partial charge in [-0.15, -0.1) is 0 Å². The first-order chi connectivity index (χ1) is 13.2. The van der Waals surface area contributed by atoms with E-state index in [4.69, 9.17) is 0 Å². The molecule has 0 bridgehead atoms. The summed E-state index contributed by atoms with van der Waals surface area (Å²) in [6.45, 7) is 12.5. The normalized spacial score (nSPS) is 13.0. The molecule has 2 N–H and O–H groups in total. The summed E-state index contributed by atoms with van der Waals surface area (Å²) < 4.78 is 0. The van der Waals surface area contributed by atoms with Crippen molar-refractivity contribution in [1.29, 1.82) is 0 Å². The Labute approximate surface area is 173 Å². The molecular weight excluding hydrogens is 363 g/mol. The molecule has 0 aliphatic heterocycles. The number of hydrogen-bond donors (Lipinski definition) is 2. The van der Waals surface area contributed by atoms with Crippen LogP contribution in [0.25, 0.3) is 0 Å². The van der Waals surface area contributed by atoms with Gasteiger partial charge in [0.1, 0.15) is 5.75 Å². The Morgan fingerprint density at radius 2 is 1.43 bits per heavy atom. The topological polar surface area (TPSA) is 40.5 Å². The van der Waals surface area contributed by atoms with Crippen molar-refractivity contribution in [3.63, 3.8) is 0 Å².